The maximum absolute atomic E-state index is 13.2. The zero-order valence-corrected chi connectivity index (χ0v) is 18.2. The lowest BCUT2D eigenvalue weighted by atomic mass is 10.1. The summed E-state index contributed by atoms with van der Waals surface area (Å²) in [5.41, 5.74) is 1.80. The molecule has 0 spiro atoms. The van der Waals surface area contributed by atoms with Crippen molar-refractivity contribution in [1.29, 1.82) is 0 Å². The molecule has 1 N–H and O–H groups in total. The number of fused-ring (bicyclic) bond motifs is 3. The fourth-order valence-electron chi connectivity index (χ4n) is 3.72. The Morgan fingerprint density at radius 3 is 2.57 bits per heavy atom. The van der Waals surface area contributed by atoms with Crippen LogP contribution in [-0.2, 0) is 11.2 Å². The summed E-state index contributed by atoms with van der Waals surface area (Å²) in [6.07, 6.45) is 1.72. The number of carbonyl (C=O) groups is 1. The van der Waals surface area contributed by atoms with Crippen molar-refractivity contribution in [3.05, 3.63) is 76.2 Å². The van der Waals surface area contributed by atoms with Gasteiger partial charge in [0.05, 0.1) is 15.8 Å². The second-order valence-electron chi connectivity index (χ2n) is 7.75. The number of hydrogen-bond donors (Lipinski definition) is 1. The van der Waals surface area contributed by atoms with E-state index in [9.17, 15) is 9.59 Å². The summed E-state index contributed by atoms with van der Waals surface area (Å²) >= 11 is 1.57. The summed E-state index contributed by atoms with van der Waals surface area (Å²) in [5, 5.41) is 9.08. The van der Waals surface area contributed by atoms with Gasteiger partial charge in [0.25, 0.3) is 5.56 Å². The van der Waals surface area contributed by atoms with E-state index in [1.165, 1.54) is 10.2 Å². The van der Waals surface area contributed by atoms with Crippen LogP contribution in [0, 0.1) is 6.92 Å². The number of aryl methyl sites for hydroxylation is 2. The molecule has 0 fully saturated rings. The molecule has 0 aliphatic carbocycles. The van der Waals surface area contributed by atoms with Crippen LogP contribution in [0.25, 0.3) is 20.2 Å². The molecule has 2 aromatic carbocycles. The van der Waals surface area contributed by atoms with E-state index in [0.29, 0.717) is 5.39 Å². The van der Waals surface area contributed by atoms with Crippen molar-refractivity contribution in [1.82, 2.24) is 15.1 Å². The van der Waals surface area contributed by atoms with E-state index < -0.39 is 6.04 Å². The lowest BCUT2D eigenvalue weighted by Gasteiger charge is -2.19. The molecule has 0 bridgehead atoms. The lowest BCUT2D eigenvalue weighted by molar-refractivity contribution is -0.124. The highest BCUT2D eigenvalue weighted by molar-refractivity contribution is 7.26. The summed E-state index contributed by atoms with van der Waals surface area (Å²) in [5.74, 6) is -0.191. The molecule has 2 heterocycles. The predicted octanol–water partition coefficient (Wildman–Crippen LogP) is 4.62. The minimum Gasteiger partial charge on any atom is -0.352 e. The highest BCUT2D eigenvalue weighted by atomic mass is 32.1. The van der Waals surface area contributed by atoms with Crippen molar-refractivity contribution < 1.29 is 4.79 Å². The van der Waals surface area contributed by atoms with Gasteiger partial charge in [0, 0.05) is 16.1 Å². The van der Waals surface area contributed by atoms with E-state index in [-0.39, 0.29) is 17.5 Å². The first kappa shape index (κ1) is 20.3. The molecule has 4 aromatic rings. The van der Waals surface area contributed by atoms with Crippen molar-refractivity contribution in [2.24, 2.45) is 0 Å². The number of aromatic nitrogens is 2. The quantitative estimate of drug-likeness (QED) is 0.496. The van der Waals surface area contributed by atoms with Crippen LogP contribution in [0.3, 0.4) is 0 Å². The van der Waals surface area contributed by atoms with Gasteiger partial charge in [-0.05, 0) is 45.2 Å². The molecule has 0 aliphatic heterocycles. The van der Waals surface area contributed by atoms with Crippen LogP contribution in [0.4, 0.5) is 0 Å². The molecule has 1 amide bonds. The number of amides is 1. The third-order valence-corrected chi connectivity index (χ3v) is 6.73. The summed E-state index contributed by atoms with van der Waals surface area (Å²) < 4.78 is 3.27. The Hall–Kier alpha value is -2.99. The van der Waals surface area contributed by atoms with Crippen LogP contribution in [0.5, 0.6) is 0 Å². The maximum atomic E-state index is 13.2. The Balaban J connectivity index is 1.55. The van der Waals surface area contributed by atoms with Gasteiger partial charge in [-0.2, -0.15) is 5.10 Å². The van der Waals surface area contributed by atoms with Crippen molar-refractivity contribution in [3.63, 3.8) is 0 Å². The van der Waals surface area contributed by atoms with Gasteiger partial charge in [0.1, 0.15) is 6.04 Å². The van der Waals surface area contributed by atoms with Gasteiger partial charge in [-0.25, -0.2) is 4.68 Å². The normalized spacial score (nSPS) is 13.4. The Labute approximate surface area is 179 Å². The molecule has 2 unspecified atom stereocenters. The van der Waals surface area contributed by atoms with Crippen LogP contribution in [0.15, 0.2) is 59.4 Å². The van der Waals surface area contributed by atoms with E-state index >= 15 is 0 Å². The molecular weight excluding hydrogens is 394 g/mol. The molecule has 2 aromatic heterocycles. The van der Waals surface area contributed by atoms with Crippen molar-refractivity contribution >= 4 is 37.4 Å². The smallest absolute Gasteiger partial charge is 0.276 e. The van der Waals surface area contributed by atoms with Crippen LogP contribution in [-0.4, -0.2) is 21.7 Å². The van der Waals surface area contributed by atoms with Crippen LogP contribution in [0.2, 0.25) is 0 Å². The fraction of sp³-hybridized carbons (Fsp3) is 0.292. The maximum Gasteiger partial charge on any atom is 0.276 e. The Kier molecular flexibility index (Phi) is 5.68. The van der Waals surface area contributed by atoms with E-state index in [1.54, 1.807) is 18.3 Å². The van der Waals surface area contributed by atoms with Crippen molar-refractivity contribution in [2.45, 2.75) is 45.7 Å². The average molecular weight is 420 g/mol. The average Bonchev–Trinajstić information content (AvgIpc) is 3.15. The largest absolute Gasteiger partial charge is 0.352 e. The van der Waals surface area contributed by atoms with E-state index in [2.05, 4.69) is 22.5 Å². The summed E-state index contributed by atoms with van der Waals surface area (Å²) in [6, 6.07) is 17.4. The molecular formula is C24H25N3O2S. The first-order chi connectivity index (χ1) is 14.5. The van der Waals surface area contributed by atoms with E-state index in [1.807, 2.05) is 56.3 Å². The van der Waals surface area contributed by atoms with Gasteiger partial charge >= 0.3 is 0 Å². The monoisotopic (exact) mass is 419 g/mol. The highest BCUT2D eigenvalue weighted by Crippen LogP contribution is 2.32. The third kappa shape index (κ3) is 3.87. The van der Waals surface area contributed by atoms with Crippen molar-refractivity contribution in [3.8, 4) is 0 Å². The first-order valence-electron chi connectivity index (χ1n) is 10.2. The number of hydrogen-bond acceptors (Lipinski definition) is 4. The van der Waals surface area contributed by atoms with Gasteiger partial charge in [0.2, 0.25) is 5.91 Å². The molecule has 2 atom stereocenters. The van der Waals surface area contributed by atoms with Gasteiger partial charge in [-0.3, -0.25) is 9.59 Å². The summed E-state index contributed by atoms with van der Waals surface area (Å²) in [6.45, 7) is 5.61. The third-order valence-electron chi connectivity index (χ3n) is 5.45. The number of carbonyl (C=O) groups excluding carboxylic acids is 1. The van der Waals surface area contributed by atoms with Gasteiger partial charge in [0.15, 0.2) is 0 Å². The Bertz CT molecular complexity index is 1260. The Morgan fingerprint density at radius 2 is 1.80 bits per heavy atom. The molecule has 0 saturated carbocycles. The zero-order valence-electron chi connectivity index (χ0n) is 17.4. The zero-order chi connectivity index (χ0) is 21.3. The lowest BCUT2D eigenvalue weighted by Crippen LogP contribution is -2.41. The number of benzene rings is 2. The fourth-order valence-corrected chi connectivity index (χ4v) is 4.85. The number of thiophene rings is 1. The first-order valence-corrected chi connectivity index (χ1v) is 11.0. The van der Waals surface area contributed by atoms with Gasteiger partial charge in [-0.1, -0.05) is 48.5 Å². The summed E-state index contributed by atoms with van der Waals surface area (Å²) in [4.78, 5) is 26.1. The van der Waals surface area contributed by atoms with Crippen LogP contribution in [0.1, 0.15) is 37.6 Å². The van der Waals surface area contributed by atoms with Crippen LogP contribution >= 0.6 is 11.3 Å². The SMILES string of the molecule is Cc1nn(C(C)C(=O)NC(C)CCc2ccccc2)c(=O)c2c1sc1ccccc12. The molecule has 0 saturated heterocycles. The number of nitrogens with zero attached hydrogens (tertiary/aromatic N) is 2. The minimum absolute atomic E-state index is 0.00247. The second kappa shape index (κ2) is 8.40. The van der Waals surface area contributed by atoms with Crippen LogP contribution < -0.4 is 10.9 Å². The number of nitrogens with one attached hydrogen (secondary N) is 1. The molecule has 0 aliphatic rings. The Morgan fingerprint density at radius 1 is 1.10 bits per heavy atom. The number of rotatable bonds is 6. The van der Waals surface area contributed by atoms with Crippen molar-refractivity contribution in [2.75, 3.05) is 0 Å². The second-order valence-corrected chi connectivity index (χ2v) is 8.80. The van der Waals surface area contributed by atoms with E-state index in [0.717, 1.165) is 33.3 Å². The van der Waals surface area contributed by atoms with Gasteiger partial charge in [-0.15, -0.1) is 11.3 Å². The molecule has 0 radical (unpaired) electrons. The topological polar surface area (TPSA) is 64.0 Å². The molecule has 5 nitrogen and oxygen atoms in total. The molecule has 4 rings (SSSR count). The predicted molar refractivity (Wildman–Crippen MR) is 123 cm³/mol. The van der Waals surface area contributed by atoms with E-state index in [4.69, 9.17) is 0 Å². The molecule has 6 heteroatoms. The summed E-state index contributed by atoms with van der Waals surface area (Å²) in [7, 11) is 0. The van der Waals surface area contributed by atoms with Gasteiger partial charge < -0.3 is 5.32 Å². The molecule has 30 heavy (non-hydrogen) atoms. The minimum atomic E-state index is -0.682. The molecule has 154 valence electrons. The highest BCUT2D eigenvalue weighted by Gasteiger charge is 2.22. The standard InChI is InChI=1S/C24H25N3O2S/c1-15(13-14-18-9-5-4-6-10-18)25-23(28)17(3)27-24(29)21-19-11-7-8-12-20(19)30-22(21)16(2)26-27/h4-12,15,17H,13-14H2,1-3H3,(H,25,28).